The summed E-state index contributed by atoms with van der Waals surface area (Å²) in [6.07, 6.45) is 71.5. The van der Waals surface area contributed by atoms with Crippen molar-refractivity contribution in [3.05, 3.63) is 85.1 Å². The van der Waals surface area contributed by atoms with E-state index in [0.717, 1.165) is 64.2 Å². The van der Waals surface area contributed by atoms with Gasteiger partial charge in [0.15, 0.2) is 6.10 Å². The van der Waals surface area contributed by atoms with E-state index in [-0.39, 0.29) is 37.5 Å². The quantitative estimate of drug-likeness (QED) is 0.0199. The van der Waals surface area contributed by atoms with Crippen LogP contribution in [-0.4, -0.2) is 37.2 Å². The second-order valence-corrected chi connectivity index (χ2v) is 18.5. The van der Waals surface area contributed by atoms with Crippen LogP contribution in [-0.2, 0) is 28.6 Å². The summed E-state index contributed by atoms with van der Waals surface area (Å²) in [7, 11) is 0. The van der Waals surface area contributed by atoms with Crippen LogP contribution in [0.1, 0.15) is 265 Å². The van der Waals surface area contributed by atoms with Crippen molar-refractivity contribution in [2.75, 3.05) is 13.2 Å². The molecule has 0 N–H and O–H groups in total. The lowest BCUT2D eigenvalue weighted by Gasteiger charge is -2.18. The Morgan fingerprint density at radius 3 is 1.04 bits per heavy atom. The molecule has 0 heterocycles. The van der Waals surface area contributed by atoms with Crippen molar-refractivity contribution >= 4 is 17.9 Å². The van der Waals surface area contributed by atoms with Gasteiger partial charge in [0.05, 0.1) is 0 Å². The molecule has 0 aliphatic heterocycles. The van der Waals surface area contributed by atoms with Crippen LogP contribution in [0.3, 0.4) is 0 Å². The Kier molecular flexibility index (Phi) is 52.4. The minimum absolute atomic E-state index is 0.0952. The van der Waals surface area contributed by atoms with Gasteiger partial charge in [-0.05, 0) is 96.3 Å². The second kappa shape index (κ2) is 55.2. The molecule has 0 amide bonds. The first kappa shape index (κ1) is 63.6. The maximum Gasteiger partial charge on any atom is 0.306 e. The predicted octanol–water partition coefficient (Wildman–Crippen LogP) is 18.8. The summed E-state index contributed by atoms with van der Waals surface area (Å²) >= 11 is 0. The number of ether oxygens (including phenoxy) is 3. The molecule has 0 aliphatic carbocycles. The van der Waals surface area contributed by atoms with E-state index < -0.39 is 6.10 Å². The summed E-state index contributed by atoms with van der Waals surface area (Å²) < 4.78 is 16.8. The van der Waals surface area contributed by atoms with Crippen molar-refractivity contribution < 1.29 is 28.6 Å². The van der Waals surface area contributed by atoms with Crippen LogP contribution >= 0.6 is 0 Å². The number of carbonyl (C=O) groups is 3. The summed E-state index contributed by atoms with van der Waals surface area (Å²) in [4.78, 5) is 38.1. The molecule has 6 nitrogen and oxygen atoms in total. The van der Waals surface area contributed by atoms with Gasteiger partial charge in [-0.25, -0.2) is 0 Å². The third-order valence-electron chi connectivity index (χ3n) is 11.9. The normalized spacial score (nSPS) is 12.7. The lowest BCUT2D eigenvalue weighted by molar-refractivity contribution is -0.167. The Morgan fingerprint density at radius 1 is 0.328 bits per heavy atom. The van der Waals surface area contributed by atoms with E-state index in [2.05, 4.69) is 106 Å². The van der Waals surface area contributed by atoms with Crippen LogP contribution in [0.15, 0.2) is 85.1 Å². The predicted molar refractivity (Wildman–Crippen MR) is 288 cm³/mol. The average molecular weight is 933 g/mol. The number of allylic oxidation sites excluding steroid dienone is 14. The second-order valence-electron chi connectivity index (χ2n) is 18.5. The fourth-order valence-electron chi connectivity index (χ4n) is 7.68. The first-order valence-corrected chi connectivity index (χ1v) is 28.1. The van der Waals surface area contributed by atoms with Crippen molar-refractivity contribution in [3.8, 4) is 0 Å². The highest BCUT2D eigenvalue weighted by molar-refractivity contribution is 5.71. The van der Waals surface area contributed by atoms with Gasteiger partial charge < -0.3 is 14.2 Å². The molecule has 6 heteroatoms. The SMILES string of the molecule is CC/C=C\C/C=C\C/C=C\CCCC(=O)OCC(COC(=O)CCCCCCCCCCCC/C=C\C=C/CCCCC)OC(=O)CCCCCCCCCCCC/C=C\C=C/CCCCC. The molecule has 0 aliphatic rings. The molecule has 0 rings (SSSR count). The third-order valence-corrected chi connectivity index (χ3v) is 11.9. The van der Waals surface area contributed by atoms with Gasteiger partial charge in [-0.2, -0.15) is 0 Å². The number of esters is 3. The lowest BCUT2D eigenvalue weighted by atomic mass is 10.1. The van der Waals surface area contributed by atoms with E-state index in [1.165, 1.54) is 154 Å². The minimum atomic E-state index is -0.800. The minimum Gasteiger partial charge on any atom is -0.462 e. The lowest BCUT2D eigenvalue weighted by Crippen LogP contribution is -2.30. The van der Waals surface area contributed by atoms with Gasteiger partial charge in [0.25, 0.3) is 0 Å². The van der Waals surface area contributed by atoms with Crippen molar-refractivity contribution in [3.63, 3.8) is 0 Å². The number of hydrogen-bond donors (Lipinski definition) is 0. The zero-order chi connectivity index (χ0) is 48.6. The summed E-state index contributed by atoms with van der Waals surface area (Å²) in [6, 6.07) is 0. The van der Waals surface area contributed by atoms with E-state index in [0.29, 0.717) is 19.3 Å². The summed E-state index contributed by atoms with van der Waals surface area (Å²) in [5.74, 6) is -0.955. The highest BCUT2D eigenvalue weighted by atomic mass is 16.6. The molecule has 0 radical (unpaired) electrons. The summed E-state index contributed by atoms with van der Waals surface area (Å²) in [6.45, 7) is 6.42. The van der Waals surface area contributed by atoms with Crippen molar-refractivity contribution in [1.82, 2.24) is 0 Å². The van der Waals surface area contributed by atoms with Crippen LogP contribution in [0, 0.1) is 0 Å². The molecular formula is C61H104O6. The maximum absolute atomic E-state index is 12.8. The van der Waals surface area contributed by atoms with Crippen molar-refractivity contribution in [2.24, 2.45) is 0 Å². The molecule has 0 bridgehead atoms. The molecule has 0 aromatic rings. The van der Waals surface area contributed by atoms with Gasteiger partial charge >= 0.3 is 17.9 Å². The monoisotopic (exact) mass is 933 g/mol. The Morgan fingerprint density at radius 2 is 0.642 bits per heavy atom. The van der Waals surface area contributed by atoms with E-state index in [1.807, 2.05) is 0 Å². The van der Waals surface area contributed by atoms with E-state index in [4.69, 9.17) is 14.2 Å². The smallest absolute Gasteiger partial charge is 0.306 e. The third kappa shape index (κ3) is 53.4. The van der Waals surface area contributed by atoms with Gasteiger partial charge in [0.2, 0.25) is 0 Å². The topological polar surface area (TPSA) is 78.9 Å². The maximum atomic E-state index is 12.8. The molecule has 0 saturated carbocycles. The molecule has 0 spiro atoms. The van der Waals surface area contributed by atoms with Gasteiger partial charge in [-0.1, -0.05) is 234 Å². The number of carbonyl (C=O) groups excluding carboxylic acids is 3. The molecular weight excluding hydrogens is 829 g/mol. The van der Waals surface area contributed by atoms with Crippen LogP contribution in [0.25, 0.3) is 0 Å². The van der Waals surface area contributed by atoms with Gasteiger partial charge in [-0.15, -0.1) is 0 Å². The van der Waals surface area contributed by atoms with Crippen LogP contribution in [0.5, 0.6) is 0 Å². The summed E-state index contributed by atoms with van der Waals surface area (Å²) in [5.41, 5.74) is 0. The van der Waals surface area contributed by atoms with Crippen LogP contribution in [0.2, 0.25) is 0 Å². The fourth-order valence-corrected chi connectivity index (χ4v) is 7.68. The zero-order valence-corrected chi connectivity index (χ0v) is 43.9. The van der Waals surface area contributed by atoms with E-state index >= 15 is 0 Å². The first-order valence-electron chi connectivity index (χ1n) is 28.1. The van der Waals surface area contributed by atoms with Crippen molar-refractivity contribution in [1.29, 1.82) is 0 Å². The largest absolute Gasteiger partial charge is 0.462 e. The van der Waals surface area contributed by atoms with Crippen LogP contribution in [0.4, 0.5) is 0 Å². The Hall–Kier alpha value is -3.41. The fraction of sp³-hybridized carbons (Fsp3) is 0.721. The molecule has 0 saturated heterocycles. The Bertz CT molecular complexity index is 1300. The Labute approximate surface area is 414 Å². The number of rotatable bonds is 50. The molecule has 0 aromatic heterocycles. The molecule has 384 valence electrons. The number of unbranched alkanes of at least 4 members (excludes halogenated alkanes) is 27. The molecule has 1 atom stereocenters. The highest BCUT2D eigenvalue weighted by Gasteiger charge is 2.19. The van der Waals surface area contributed by atoms with E-state index in [9.17, 15) is 14.4 Å². The van der Waals surface area contributed by atoms with Gasteiger partial charge in [0.1, 0.15) is 13.2 Å². The molecule has 0 fully saturated rings. The zero-order valence-electron chi connectivity index (χ0n) is 43.9. The average Bonchev–Trinajstić information content (AvgIpc) is 3.33. The van der Waals surface area contributed by atoms with Gasteiger partial charge in [-0.3, -0.25) is 14.4 Å². The first-order chi connectivity index (χ1) is 33.0. The molecule has 67 heavy (non-hydrogen) atoms. The standard InChI is InChI=1S/C61H104O6/c1-4-7-10-13-16-19-22-24-26-28-30-32-34-36-39-42-45-48-51-54-60(63)66-57-58(56-65-59(62)53-50-47-44-41-38-21-18-15-12-9-6-3)67-61(64)55-52-49-46-43-40-37-35-33-31-29-27-25-23-20-17-14-11-8-5-2/h9,12,16-25,41,44,58H,4-8,10-11,13-15,26-40,42-43,45-57H2,1-3H3/b12-9-,19-16-,20-17-,21-18-,24-22-,25-23-,44-41-. The highest BCUT2D eigenvalue weighted by Crippen LogP contribution is 2.15. The van der Waals surface area contributed by atoms with Gasteiger partial charge in [0, 0.05) is 19.3 Å². The summed E-state index contributed by atoms with van der Waals surface area (Å²) in [5, 5.41) is 0. The van der Waals surface area contributed by atoms with Crippen molar-refractivity contribution in [2.45, 2.75) is 271 Å². The van der Waals surface area contributed by atoms with E-state index in [1.54, 1.807) is 0 Å². The molecule has 0 aromatic carbocycles. The Balaban J connectivity index is 4.37. The van der Waals surface area contributed by atoms with Crippen LogP contribution < -0.4 is 0 Å². The number of hydrogen-bond acceptors (Lipinski definition) is 6. The molecule has 1 unspecified atom stereocenters.